The Hall–Kier alpha value is -2.48. The zero-order chi connectivity index (χ0) is 19.3. The van der Waals surface area contributed by atoms with Crippen LogP contribution in [0.1, 0.15) is 12.5 Å². The number of hydrogen-bond acceptors (Lipinski definition) is 6. The Balaban J connectivity index is 1.71. The number of sulfone groups is 1. The van der Waals surface area contributed by atoms with Crippen molar-refractivity contribution in [1.29, 1.82) is 0 Å². The van der Waals surface area contributed by atoms with Crippen LogP contribution in [0.4, 0.5) is 5.95 Å². The van der Waals surface area contributed by atoms with Crippen LogP contribution in [0.3, 0.4) is 0 Å². The third-order valence-corrected chi connectivity index (χ3v) is 6.49. The van der Waals surface area contributed by atoms with Crippen molar-refractivity contribution >= 4 is 21.7 Å². The third-order valence-electron chi connectivity index (χ3n) is 4.76. The van der Waals surface area contributed by atoms with E-state index in [4.69, 9.17) is 0 Å². The second kappa shape index (κ2) is 8.47. The zero-order valence-electron chi connectivity index (χ0n) is 15.3. The number of carbonyl (C=O) groups excluding carboxylic acids is 1. The van der Waals surface area contributed by atoms with E-state index in [1.54, 1.807) is 23.4 Å². The van der Waals surface area contributed by atoms with E-state index in [1.165, 1.54) is 0 Å². The molecule has 1 fully saturated rings. The molecular weight excluding hydrogens is 364 g/mol. The number of benzene rings is 1. The summed E-state index contributed by atoms with van der Waals surface area (Å²) in [6.07, 6.45) is 3.89. The number of amides is 1. The second-order valence-corrected chi connectivity index (χ2v) is 8.81. The van der Waals surface area contributed by atoms with Crippen LogP contribution >= 0.6 is 0 Å². The van der Waals surface area contributed by atoms with Gasteiger partial charge in [-0.3, -0.25) is 4.79 Å². The van der Waals surface area contributed by atoms with Gasteiger partial charge in [0.25, 0.3) is 0 Å². The Morgan fingerprint density at radius 3 is 2.52 bits per heavy atom. The Kier molecular flexibility index (Phi) is 6.05. The van der Waals surface area contributed by atoms with Crippen LogP contribution in [0.25, 0.3) is 0 Å². The molecule has 0 unspecified atom stereocenters. The first-order valence-corrected chi connectivity index (χ1v) is 10.9. The molecule has 1 aromatic carbocycles. The molecule has 2 heterocycles. The summed E-state index contributed by atoms with van der Waals surface area (Å²) in [5.41, 5.74) is 1.15. The highest BCUT2D eigenvalue weighted by atomic mass is 32.2. The first kappa shape index (κ1) is 19.3. The molecule has 3 rings (SSSR count). The molecule has 1 aliphatic rings. The van der Waals surface area contributed by atoms with Gasteiger partial charge < -0.3 is 10.2 Å². The number of nitrogens with zero attached hydrogens (tertiary/aromatic N) is 3. The van der Waals surface area contributed by atoms with Crippen LogP contribution in [0.2, 0.25) is 0 Å². The molecule has 7 nitrogen and oxygen atoms in total. The molecule has 1 N–H and O–H groups in total. The minimum atomic E-state index is -3.28. The summed E-state index contributed by atoms with van der Waals surface area (Å²) in [5.74, 6) is -0.655. The summed E-state index contributed by atoms with van der Waals surface area (Å²) in [5, 5.41) is 3.03. The van der Waals surface area contributed by atoms with E-state index in [0.717, 1.165) is 12.0 Å². The summed E-state index contributed by atoms with van der Waals surface area (Å²) in [6.45, 7) is 3.01. The number of hydrogen-bond donors (Lipinski definition) is 1. The fraction of sp³-hybridized carbons (Fsp3) is 0.421. The van der Waals surface area contributed by atoms with Gasteiger partial charge in [0.05, 0.1) is 23.5 Å². The molecule has 0 spiro atoms. The number of carbonyl (C=O) groups is 1. The van der Waals surface area contributed by atoms with Gasteiger partial charge in [0, 0.05) is 25.5 Å². The first-order chi connectivity index (χ1) is 13.0. The van der Waals surface area contributed by atoms with Gasteiger partial charge in [-0.2, -0.15) is 0 Å². The molecule has 0 radical (unpaired) electrons. The van der Waals surface area contributed by atoms with Crippen LogP contribution in [0.5, 0.6) is 0 Å². The van der Waals surface area contributed by atoms with Crippen LogP contribution < -0.4 is 5.32 Å². The fourth-order valence-corrected chi connectivity index (χ4v) is 5.26. The standard InChI is InChI=1S/C19H24N4O3S/c1-2-23(12-9-15-7-4-3-5-8-15)18(24)16-13-27(25,26)14-17(16)22-19-20-10-6-11-21-19/h3-8,10-11,16-17H,2,9,12-14H2,1H3,(H,20,21,22)/t16-,17-/m1/s1. The minimum Gasteiger partial charge on any atom is -0.350 e. The van der Waals surface area contributed by atoms with Crippen molar-refractivity contribution < 1.29 is 13.2 Å². The average molecular weight is 388 g/mol. The van der Waals surface area contributed by atoms with Gasteiger partial charge in [-0.15, -0.1) is 0 Å². The predicted octanol–water partition coefficient (Wildman–Crippen LogP) is 1.39. The maximum Gasteiger partial charge on any atom is 0.228 e. The Morgan fingerprint density at radius 2 is 1.85 bits per heavy atom. The summed E-state index contributed by atoms with van der Waals surface area (Å²) >= 11 is 0. The molecule has 0 aliphatic carbocycles. The monoisotopic (exact) mass is 388 g/mol. The van der Waals surface area contributed by atoms with Gasteiger partial charge in [-0.25, -0.2) is 18.4 Å². The molecule has 1 saturated heterocycles. The molecule has 1 aliphatic heterocycles. The normalized spacial score (nSPS) is 20.9. The lowest BCUT2D eigenvalue weighted by Crippen LogP contribution is -2.44. The van der Waals surface area contributed by atoms with Crippen LogP contribution in [0.15, 0.2) is 48.8 Å². The smallest absolute Gasteiger partial charge is 0.228 e. The molecular formula is C19H24N4O3S. The molecule has 1 amide bonds. The van der Waals surface area contributed by atoms with E-state index in [0.29, 0.717) is 19.0 Å². The van der Waals surface area contributed by atoms with Crippen molar-refractivity contribution in [3.05, 3.63) is 54.4 Å². The van der Waals surface area contributed by atoms with E-state index in [-0.39, 0.29) is 17.4 Å². The first-order valence-electron chi connectivity index (χ1n) is 9.05. The van der Waals surface area contributed by atoms with Gasteiger partial charge >= 0.3 is 0 Å². The van der Waals surface area contributed by atoms with Crippen molar-refractivity contribution in [2.75, 3.05) is 29.9 Å². The van der Waals surface area contributed by atoms with Crippen molar-refractivity contribution in [3.8, 4) is 0 Å². The highest BCUT2D eigenvalue weighted by molar-refractivity contribution is 7.91. The average Bonchev–Trinajstić information content (AvgIpc) is 2.98. The van der Waals surface area contributed by atoms with E-state index in [1.807, 2.05) is 37.3 Å². The third kappa shape index (κ3) is 5.03. The molecule has 2 atom stereocenters. The predicted molar refractivity (Wildman–Crippen MR) is 104 cm³/mol. The molecule has 0 bridgehead atoms. The van der Waals surface area contributed by atoms with Crippen LogP contribution in [-0.2, 0) is 21.1 Å². The SMILES string of the molecule is CCN(CCc1ccccc1)C(=O)[C@@H]1CS(=O)(=O)C[C@H]1Nc1ncccn1. The maximum atomic E-state index is 13.1. The minimum absolute atomic E-state index is 0.0854. The number of nitrogens with one attached hydrogen (secondary N) is 1. The lowest BCUT2D eigenvalue weighted by atomic mass is 10.0. The highest BCUT2D eigenvalue weighted by Crippen LogP contribution is 2.24. The molecule has 27 heavy (non-hydrogen) atoms. The fourth-order valence-electron chi connectivity index (χ4n) is 3.34. The summed E-state index contributed by atoms with van der Waals surface area (Å²) < 4.78 is 24.4. The number of anilines is 1. The molecule has 144 valence electrons. The quantitative estimate of drug-likeness (QED) is 0.771. The Bertz CT molecular complexity index is 859. The van der Waals surface area contributed by atoms with Gasteiger partial charge in [-0.1, -0.05) is 30.3 Å². The van der Waals surface area contributed by atoms with Gasteiger partial charge in [0.15, 0.2) is 9.84 Å². The molecule has 0 saturated carbocycles. The molecule has 2 aromatic rings. The number of aromatic nitrogens is 2. The van der Waals surface area contributed by atoms with Crippen LogP contribution in [0, 0.1) is 5.92 Å². The van der Waals surface area contributed by atoms with E-state index >= 15 is 0 Å². The number of rotatable bonds is 7. The largest absolute Gasteiger partial charge is 0.350 e. The second-order valence-electron chi connectivity index (χ2n) is 6.66. The van der Waals surface area contributed by atoms with Crippen LogP contribution in [-0.4, -0.2) is 59.8 Å². The lowest BCUT2D eigenvalue weighted by molar-refractivity contribution is -0.134. The molecule has 1 aromatic heterocycles. The summed E-state index contributed by atoms with van der Waals surface area (Å²) in [6, 6.07) is 11.1. The topological polar surface area (TPSA) is 92.3 Å². The molecule has 8 heteroatoms. The lowest BCUT2D eigenvalue weighted by Gasteiger charge is -2.27. The van der Waals surface area contributed by atoms with E-state index < -0.39 is 21.8 Å². The zero-order valence-corrected chi connectivity index (χ0v) is 16.1. The van der Waals surface area contributed by atoms with E-state index in [2.05, 4.69) is 15.3 Å². The highest BCUT2D eigenvalue weighted by Gasteiger charge is 2.43. The van der Waals surface area contributed by atoms with Crippen molar-refractivity contribution in [1.82, 2.24) is 14.9 Å². The van der Waals surface area contributed by atoms with Gasteiger partial charge in [0.2, 0.25) is 11.9 Å². The maximum absolute atomic E-state index is 13.1. The van der Waals surface area contributed by atoms with Gasteiger partial charge in [-0.05, 0) is 25.0 Å². The summed E-state index contributed by atoms with van der Waals surface area (Å²) in [7, 11) is -3.28. The van der Waals surface area contributed by atoms with E-state index in [9.17, 15) is 13.2 Å². The Labute approximate surface area is 159 Å². The summed E-state index contributed by atoms with van der Waals surface area (Å²) in [4.78, 5) is 23.0. The van der Waals surface area contributed by atoms with Crippen molar-refractivity contribution in [3.63, 3.8) is 0 Å². The van der Waals surface area contributed by atoms with Crippen molar-refractivity contribution in [2.24, 2.45) is 5.92 Å². The Morgan fingerprint density at radius 1 is 1.15 bits per heavy atom. The van der Waals surface area contributed by atoms with Gasteiger partial charge in [0.1, 0.15) is 0 Å². The number of likely N-dealkylation sites (N-methyl/N-ethyl adjacent to an activating group) is 1. The van der Waals surface area contributed by atoms with Crippen molar-refractivity contribution in [2.45, 2.75) is 19.4 Å².